The van der Waals surface area contributed by atoms with Gasteiger partial charge in [0, 0.05) is 12.2 Å². The van der Waals surface area contributed by atoms with Crippen LogP contribution in [0.15, 0.2) is 12.3 Å². The minimum absolute atomic E-state index is 0.180. The Balaban J connectivity index is 3.11. The van der Waals surface area contributed by atoms with Gasteiger partial charge in [-0.2, -0.15) is 0 Å². The lowest BCUT2D eigenvalue weighted by Gasteiger charge is -2.10. The fourth-order valence-corrected chi connectivity index (χ4v) is 1.34. The number of nitrogens with two attached hydrogens (primary N) is 1. The second-order valence-electron chi connectivity index (χ2n) is 3.02. The van der Waals surface area contributed by atoms with E-state index in [2.05, 4.69) is 5.43 Å². The van der Waals surface area contributed by atoms with Crippen LogP contribution >= 0.6 is 11.6 Å². The summed E-state index contributed by atoms with van der Waals surface area (Å²) in [4.78, 5) is 11.2. The molecule has 5 heteroatoms. The molecule has 4 nitrogen and oxygen atoms in total. The van der Waals surface area contributed by atoms with Gasteiger partial charge in [-0.15, -0.1) is 0 Å². The molecule has 0 aliphatic carbocycles. The van der Waals surface area contributed by atoms with E-state index in [9.17, 15) is 4.79 Å². The lowest BCUT2D eigenvalue weighted by atomic mass is 10.3. The molecule has 13 heavy (non-hydrogen) atoms. The zero-order valence-electron chi connectivity index (χ0n) is 7.54. The Morgan fingerprint density at radius 2 is 2.31 bits per heavy atom. The maximum absolute atomic E-state index is 11.2. The van der Waals surface area contributed by atoms with Crippen molar-refractivity contribution in [2.24, 2.45) is 5.84 Å². The van der Waals surface area contributed by atoms with Crippen molar-refractivity contribution in [2.75, 3.05) is 0 Å². The first-order chi connectivity index (χ1) is 6.06. The molecule has 0 bridgehead atoms. The van der Waals surface area contributed by atoms with Crippen molar-refractivity contribution >= 4 is 17.5 Å². The van der Waals surface area contributed by atoms with Crippen LogP contribution in [0.25, 0.3) is 0 Å². The number of halogens is 1. The molecule has 0 aromatic carbocycles. The number of nitrogen functional groups attached to an aromatic ring is 1. The number of nitrogens with one attached hydrogen (secondary N) is 1. The molecule has 1 heterocycles. The van der Waals surface area contributed by atoms with Gasteiger partial charge in [0.15, 0.2) is 0 Å². The monoisotopic (exact) mass is 201 g/mol. The maximum atomic E-state index is 11.2. The van der Waals surface area contributed by atoms with Gasteiger partial charge in [-0.25, -0.2) is 5.84 Å². The van der Waals surface area contributed by atoms with Crippen molar-refractivity contribution in [3.63, 3.8) is 0 Å². The van der Waals surface area contributed by atoms with E-state index < -0.39 is 0 Å². The number of carbonyl (C=O) groups is 1. The molecular weight excluding hydrogens is 190 g/mol. The van der Waals surface area contributed by atoms with Crippen molar-refractivity contribution in [3.8, 4) is 0 Å². The molecule has 0 saturated carbocycles. The molecule has 0 saturated heterocycles. The lowest BCUT2D eigenvalue weighted by Crippen LogP contribution is -2.31. The number of aromatic nitrogens is 1. The van der Waals surface area contributed by atoms with Gasteiger partial charge in [0.25, 0.3) is 5.91 Å². The highest BCUT2D eigenvalue weighted by Crippen LogP contribution is 2.18. The minimum atomic E-state index is -0.333. The van der Waals surface area contributed by atoms with Gasteiger partial charge in [-0.3, -0.25) is 10.2 Å². The topological polar surface area (TPSA) is 60.0 Å². The number of hydrazine groups is 1. The summed E-state index contributed by atoms with van der Waals surface area (Å²) in [5.41, 5.74) is 2.55. The Morgan fingerprint density at radius 1 is 1.69 bits per heavy atom. The zero-order chi connectivity index (χ0) is 10.0. The first-order valence-electron chi connectivity index (χ1n) is 3.94. The lowest BCUT2D eigenvalue weighted by molar-refractivity contribution is 0.0943. The molecule has 0 aliphatic heterocycles. The fraction of sp³-hybridized carbons (Fsp3) is 0.375. The van der Waals surface area contributed by atoms with Crippen LogP contribution in [0.4, 0.5) is 0 Å². The van der Waals surface area contributed by atoms with E-state index in [0.717, 1.165) is 0 Å². The fourth-order valence-electron chi connectivity index (χ4n) is 1.13. The van der Waals surface area contributed by atoms with Crippen LogP contribution in [-0.2, 0) is 0 Å². The van der Waals surface area contributed by atoms with Gasteiger partial charge in [-0.05, 0) is 19.9 Å². The Labute approximate surface area is 81.6 Å². The second-order valence-corrected chi connectivity index (χ2v) is 3.45. The molecule has 1 rings (SSSR count). The highest BCUT2D eigenvalue weighted by molar-refractivity contribution is 6.31. The second kappa shape index (κ2) is 3.81. The molecule has 72 valence electrons. The number of hydrogen-bond donors (Lipinski definition) is 2. The van der Waals surface area contributed by atoms with Gasteiger partial charge in [-0.1, -0.05) is 11.6 Å². The number of carbonyl (C=O) groups excluding carboxylic acids is 1. The average molecular weight is 202 g/mol. The van der Waals surface area contributed by atoms with Crippen molar-refractivity contribution in [3.05, 3.63) is 23.0 Å². The largest absolute Gasteiger partial charge is 0.339 e. The third-order valence-corrected chi connectivity index (χ3v) is 1.94. The van der Waals surface area contributed by atoms with E-state index >= 15 is 0 Å². The van der Waals surface area contributed by atoms with E-state index in [4.69, 9.17) is 17.4 Å². The van der Waals surface area contributed by atoms with Gasteiger partial charge in [0.1, 0.15) is 5.69 Å². The van der Waals surface area contributed by atoms with Gasteiger partial charge in [0.2, 0.25) is 0 Å². The smallest absolute Gasteiger partial charge is 0.281 e. The van der Waals surface area contributed by atoms with Gasteiger partial charge in [0.05, 0.1) is 5.02 Å². The molecule has 0 atom stereocenters. The molecule has 0 fully saturated rings. The highest BCUT2D eigenvalue weighted by Gasteiger charge is 2.13. The summed E-state index contributed by atoms with van der Waals surface area (Å²) >= 11 is 5.77. The van der Waals surface area contributed by atoms with Crippen molar-refractivity contribution in [2.45, 2.75) is 19.9 Å². The first-order valence-corrected chi connectivity index (χ1v) is 4.32. The number of amides is 1. The van der Waals surface area contributed by atoms with Crippen LogP contribution in [0.1, 0.15) is 30.4 Å². The van der Waals surface area contributed by atoms with Crippen LogP contribution in [0.5, 0.6) is 0 Å². The van der Waals surface area contributed by atoms with Crippen LogP contribution in [0.2, 0.25) is 5.02 Å². The predicted molar refractivity (Wildman–Crippen MR) is 51.5 cm³/mol. The van der Waals surface area contributed by atoms with E-state index in [1.54, 1.807) is 16.8 Å². The summed E-state index contributed by atoms with van der Waals surface area (Å²) in [6.45, 7) is 3.92. The van der Waals surface area contributed by atoms with E-state index in [-0.39, 0.29) is 11.9 Å². The van der Waals surface area contributed by atoms with E-state index in [1.807, 2.05) is 13.8 Å². The summed E-state index contributed by atoms with van der Waals surface area (Å²) < 4.78 is 1.77. The number of hydrogen-bond acceptors (Lipinski definition) is 2. The van der Waals surface area contributed by atoms with Crippen molar-refractivity contribution in [1.29, 1.82) is 0 Å². The average Bonchev–Trinajstić information content (AvgIpc) is 2.46. The predicted octanol–water partition coefficient (Wildman–Crippen LogP) is 1.33. The summed E-state index contributed by atoms with van der Waals surface area (Å²) in [6, 6.07) is 1.77. The van der Waals surface area contributed by atoms with Gasteiger partial charge < -0.3 is 4.57 Å². The minimum Gasteiger partial charge on any atom is -0.339 e. The summed E-state index contributed by atoms with van der Waals surface area (Å²) in [7, 11) is 0. The standard InChI is InChI=1S/C8H12ClN3O/c1-5(2)12-4-6(9)3-7(12)8(13)11-10/h3-5H,10H2,1-2H3,(H,11,13). The Morgan fingerprint density at radius 3 is 2.77 bits per heavy atom. The van der Waals surface area contributed by atoms with E-state index in [1.165, 1.54) is 0 Å². The Hall–Kier alpha value is -1.00. The molecule has 3 N–H and O–H groups in total. The van der Waals surface area contributed by atoms with Gasteiger partial charge >= 0.3 is 0 Å². The molecule has 0 spiro atoms. The highest BCUT2D eigenvalue weighted by atomic mass is 35.5. The maximum Gasteiger partial charge on any atom is 0.281 e. The van der Waals surface area contributed by atoms with Crippen LogP contribution in [0, 0.1) is 0 Å². The van der Waals surface area contributed by atoms with Crippen LogP contribution in [-0.4, -0.2) is 10.5 Å². The van der Waals surface area contributed by atoms with Crippen LogP contribution < -0.4 is 11.3 Å². The third kappa shape index (κ3) is 2.02. The molecule has 1 amide bonds. The number of nitrogens with zero attached hydrogens (tertiary/aromatic N) is 1. The molecular formula is C8H12ClN3O. The Bertz CT molecular complexity index is 319. The SMILES string of the molecule is CC(C)n1cc(Cl)cc1C(=O)NN. The Kier molecular flexibility index (Phi) is 2.95. The van der Waals surface area contributed by atoms with E-state index in [0.29, 0.717) is 10.7 Å². The zero-order valence-corrected chi connectivity index (χ0v) is 8.30. The number of rotatable bonds is 2. The third-order valence-electron chi connectivity index (χ3n) is 1.74. The van der Waals surface area contributed by atoms with Crippen LogP contribution in [0.3, 0.4) is 0 Å². The molecule has 1 aromatic heterocycles. The van der Waals surface area contributed by atoms with Crippen molar-refractivity contribution < 1.29 is 4.79 Å². The molecule has 0 unspecified atom stereocenters. The summed E-state index contributed by atoms with van der Waals surface area (Å²) in [5, 5.41) is 0.535. The molecule has 0 radical (unpaired) electrons. The molecule has 1 aromatic rings. The first kappa shape index (κ1) is 10.1. The quantitative estimate of drug-likeness (QED) is 0.431. The summed E-state index contributed by atoms with van der Waals surface area (Å²) in [5.74, 6) is 4.69. The molecule has 0 aliphatic rings. The van der Waals surface area contributed by atoms with Crippen molar-refractivity contribution in [1.82, 2.24) is 9.99 Å². The summed E-state index contributed by atoms with van der Waals surface area (Å²) in [6.07, 6.45) is 1.71. The normalized spacial score (nSPS) is 10.5.